The van der Waals surface area contributed by atoms with Gasteiger partial charge in [0.05, 0.1) is 4.70 Å². The highest BCUT2D eigenvalue weighted by Gasteiger charge is 2.09. The number of hydrogen-bond donors (Lipinski definition) is 0. The van der Waals surface area contributed by atoms with Crippen molar-refractivity contribution >= 4 is 21.4 Å². The Hall–Kier alpha value is -2.65. The zero-order chi connectivity index (χ0) is 16.5. The largest absolute Gasteiger partial charge is 0.439 e. The summed E-state index contributed by atoms with van der Waals surface area (Å²) in [5, 5.41) is 3.36. The molecule has 0 N–H and O–H groups in total. The SMILES string of the molecule is Cc1cc(C)cc(Oc2cc3c(-c4ccccc4)csc3cn2)c1. The highest BCUT2D eigenvalue weighted by atomic mass is 32.1. The number of aryl methyl sites for hydroxylation is 2. The molecule has 0 aliphatic carbocycles. The van der Waals surface area contributed by atoms with Crippen molar-refractivity contribution < 1.29 is 4.74 Å². The lowest BCUT2D eigenvalue weighted by Gasteiger charge is -2.07. The van der Waals surface area contributed by atoms with Crippen LogP contribution in [0, 0.1) is 13.8 Å². The van der Waals surface area contributed by atoms with Crippen LogP contribution < -0.4 is 4.74 Å². The molecule has 0 aliphatic heterocycles. The van der Waals surface area contributed by atoms with E-state index < -0.39 is 0 Å². The number of ether oxygens (including phenoxy) is 1. The summed E-state index contributed by atoms with van der Waals surface area (Å²) in [6.07, 6.45) is 1.89. The third kappa shape index (κ3) is 2.91. The monoisotopic (exact) mass is 331 g/mol. The van der Waals surface area contributed by atoms with Crippen molar-refractivity contribution in [1.82, 2.24) is 4.98 Å². The summed E-state index contributed by atoms with van der Waals surface area (Å²) in [6, 6.07) is 18.7. The topological polar surface area (TPSA) is 22.1 Å². The lowest BCUT2D eigenvalue weighted by Crippen LogP contribution is -1.89. The molecule has 0 radical (unpaired) electrons. The molecular weight excluding hydrogens is 314 g/mol. The molecule has 0 aliphatic rings. The maximum absolute atomic E-state index is 6.00. The molecule has 0 atom stereocenters. The Morgan fingerprint density at radius 2 is 1.67 bits per heavy atom. The van der Waals surface area contributed by atoms with E-state index in [0.29, 0.717) is 5.88 Å². The summed E-state index contributed by atoms with van der Waals surface area (Å²) in [5.74, 6) is 1.46. The summed E-state index contributed by atoms with van der Waals surface area (Å²) in [5.41, 5.74) is 4.81. The van der Waals surface area contributed by atoms with Crippen LogP contribution in [0.3, 0.4) is 0 Å². The van der Waals surface area contributed by atoms with Gasteiger partial charge in [-0.1, -0.05) is 36.4 Å². The predicted molar refractivity (Wildman–Crippen MR) is 101 cm³/mol. The summed E-state index contributed by atoms with van der Waals surface area (Å²) in [6.45, 7) is 4.14. The van der Waals surface area contributed by atoms with Crippen LogP contribution >= 0.6 is 11.3 Å². The first-order valence-corrected chi connectivity index (χ1v) is 8.76. The molecule has 2 aromatic carbocycles. The van der Waals surface area contributed by atoms with E-state index in [0.717, 1.165) is 5.75 Å². The molecule has 118 valence electrons. The van der Waals surface area contributed by atoms with Gasteiger partial charge in [0.1, 0.15) is 5.75 Å². The number of rotatable bonds is 3. The molecule has 0 bridgehead atoms. The van der Waals surface area contributed by atoms with E-state index in [-0.39, 0.29) is 0 Å². The summed E-state index contributed by atoms with van der Waals surface area (Å²) in [4.78, 5) is 4.46. The Morgan fingerprint density at radius 1 is 0.917 bits per heavy atom. The standard InChI is InChI=1S/C21H17NOS/c1-14-8-15(2)10-17(9-14)23-21-11-18-19(13-24-20(18)12-22-21)16-6-4-3-5-7-16/h3-13H,1-2H3. The molecule has 0 spiro atoms. The van der Waals surface area contributed by atoms with Crippen LogP contribution in [-0.4, -0.2) is 4.98 Å². The molecule has 3 heteroatoms. The Kier molecular flexibility index (Phi) is 3.79. The second-order valence-electron chi connectivity index (χ2n) is 5.96. The zero-order valence-corrected chi connectivity index (χ0v) is 14.4. The first-order chi connectivity index (χ1) is 11.7. The quantitative estimate of drug-likeness (QED) is 0.435. The highest BCUT2D eigenvalue weighted by Crippen LogP contribution is 2.35. The van der Waals surface area contributed by atoms with Crippen LogP contribution in [0.5, 0.6) is 11.6 Å². The molecule has 2 nitrogen and oxygen atoms in total. The molecule has 0 saturated carbocycles. The van der Waals surface area contributed by atoms with Gasteiger partial charge in [0.15, 0.2) is 0 Å². The van der Waals surface area contributed by atoms with E-state index in [1.165, 1.54) is 32.3 Å². The van der Waals surface area contributed by atoms with Gasteiger partial charge in [-0.2, -0.15) is 0 Å². The van der Waals surface area contributed by atoms with Gasteiger partial charge in [-0.15, -0.1) is 11.3 Å². The maximum Gasteiger partial charge on any atom is 0.219 e. The fourth-order valence-electron chi connectivity index (χ4n) is 2.92. The third-order valence-corrected chi connectivity index (χ3v) is 4.87. The second-order valence-corrected chi connectivity index (χ2v) is 6.87. The van der Waals surface area contributed by atoms with Crippen LogP contribution in [0.1, 0.15) is 11.1 Å². The molecular formula is C21H17NOS. The molecule has 0 amide bonds. The van der Waals surface area contributed by atoms with Crippen LogP contribution in [0.25, 0.3) is 21.2 Å². The molecule has 4 rings (SSSR count). The van der Waals surface area contributed by atoms with Crippen LogP contribution in [0.15, 0.2) is 66.2 Å². The molecule has 2 heterocycles. The lowest BCUT2D eigenvalue weighted by atomic mass is 10.1. The highest BCUT2D eigenvalue weighted by molar-refractivity contribution is 7.17. The molecule has 0 saturated heterocycles. The number of fused-ring (bicyclic) bond motifs is 1. The molecule has 4 aromatic rings. The van der Waals surface area contributed by atoms with Crippen LogP contribution in [0.4, 0.5) is 0 Å². The van der Waals surface area contributed by atoms with Gasteiger partial charge >= 0.3 is 0 Å². The second kappa shape index (κ2) is 6.10. The van der Waals surface area contributed by atoms with Crippen molar-refractivity contribution in [2.24, 2.45) is 0 Å². The lowest BCUT2D eigenvalue weighted by molar-refractivity contribution is 0.463. The molecule has 0 unspecified atom stereocenters. The predicted octanol–water partition coefficient (Wildman–Crippen LogP) is 6.37. The van der Waals surface area contributed by atoms with Crippen molar-refractivity contribution in [3.8, 4) is 22.8 Å². The minimum absolute atomic E-state index is 0.628. The van der Waals surface area contributed by atoms with E-state index >= 15 is 0 Å². The van der Waals surface area contributed by atoms with E-state index in [2.05, 4.69) is 54.5 Å². The average Bonchev–Trinajstić information content (AvgIpc) is 2.98. The number of hydrogen-bond acceptors (Lipinski definition) is 3. The van der Waals surface area contributed by atoms with E-state index in [1.54, 1.807) is 11.3 Å². The third-order valence-electron chi connectivity index (χ3n) is 3.94. The maximum atomic E-state index is 6.00. The molecule has 24 heavy (non-hydrogen) atoms. The first kappa shape index (κ1) is 14.9. The van der Waals surface area contributed by atoms with Gasteiger partial charge in [0.25, 0.3) is 0 Å². The average molecular weight is 331 g/mol. The van der Waals surface area contributed by atoms with Crippen molar-refractivity contribution in [1.29, 1.82) is 0 Å². The Bertz CT molecular complexity index is 985. The molecule has 0 fully saturated rings. The van der Waals surface area contributed by atoms with Gasteiger partial charge in [-0.25, -0.2) is 4.98 Å². The van der Waals surface area contributed by atoms with Gasteiger partial charge in [0, 0.05) is 23.2 Å². The van der Waals surface area contributed by atoms with Crippen molar-refractivity contribution in [3.63, 3.8) is 0 Å². The van der Waals surface area contributed by atoms with Crippen molar-refractivity contribution in [2.45, 2.75) is 13.8 Å². The smallest absolute Gasteiger partial charge is 0.219 e. The number of pyridine rings is 1. The van der Waals surface area contributed by atoms with Gasteiger partial charge in [-0.05, 0) is 48.1 Å². The fourth-order valence-corrected chi connectivity index (χ4v) is 3.84. The summed E-state index contributed by atoms with van der Waals surface area (Å²) in [7, 11) is 0. The number of nitrogens with zero attached hydrogens (tertiary/aromatic N) is 1. The minimum atomic E-state index is 0.628. The number of benzene rings is 2. The Labute approximate surface area is 145 Å². The first-order valence-electron chi connectivity index (χ1n) is 7.88. The summed E-state index contributed by atoms with van der Waals surface area (Å²) < 4.78 is 7.17. The number of thiophene rings is 1. The van der Waals surface area contributed by atoms with Gasteiger partial charge in [-0.3, -0.25) is 0 Å². The van der Waals surface area contributed by atoms with Crippen molar-refractivity contribution in [3.05, 3.63) is 77.3 Å². The van der Waals surface area contributed by atoms with E-state index in [4.69, 9.17) is 4.74 Å². The summed E-state index contributed by atoms with van der Waals surface area (Å²) >= 11 is 1.71. The van der Waals surface area contributed by atoms with Crippen LogP contribution in [-0.2, 0) is 0 Å². The van der Waals surface area contributed by atoms with Gasteiger partial charge < -0.3 is 4.74 Å². The Morgan fingerprint density at radius 3 is 2.42 bits per heavy atom. The normalized spacial score (nSPS) is 10.9. The minimum Gasteiger partial charge on any atom is -0.439 e. The number of aromatic nitrogens is 1. The molecule has 2 aromatic heterocycles. The fraction of sp³-hybridized carbons (Fsp3) is 0.0952. The Balaban J connectivity index is 1.75. The van der Waals surface area contributed by atoms with E-state index in [9.17, 15) is 0 Å². The van der Waals surface area contributed by atoms with Crippen molar-refractivity contribution in [2.75, 3.05) is 0 Å². The van der Waals surface area contributed by atoms with E-state index in [1.807, 2.05) is 30.5 Å². The van der Waals surface area contributed by atoms with Gasteiger partial charge in [0.2, 0.25) is 5.88 Å². The van der Waals surface area contributed by atoms with Crippen LogP contribution in [0.2, 0.25) is 0 Å². The zero-order valence-electron chi connectivity index (χ0n) is 13.6.